The summed E-state index contributed by atoms with van der Waals surface area (Å²) in [6, 6.07) is 3.42. The van der Waals surface area contributed by atoms with E-state index in [0.29, 0.717) is 5.56 Å². The van der Waals surface area contributed by atoms with E-state index in [-0.39, 0.29) is 18.0 Å². The third-order valence-corrected chi connectivity index (χ3v) is 2.94. The average molecular weight is 243 g/mol. The molecule has 0 aliphatic carbocycles. The van der Waals surface area contributed by atoms with Gasteiger partial charge in [0.1, 0.15) is 11.5 Å². The summed E-state index contributed by atoms with van der Waals surface area (Å²) >= 11 is 3.35. The van der Waals surface area contributed by atoms with Gasteiger partial charge in [-0.1, -0.05) is 22.0 Å². The van der Waals surface area contributed by atoms with E-state index in [1.54, 1.807) is 6.07 Å². The lowest BCUT2D eigenvalue weighted by Crippen LogP contribution is -1.98. The predicted molar refractivity (Wildman–Crippen MR) is 54.9 cm³/mol. The highest BCUT2D eigenvalue weighted by molar-refractivity contribution is 9.10. The fraction of sp³-hybridized carbons (Fsp3) is 0.300. The number of phenols is 1. The highest BCUT2D eigenvalue weighted by Gasteiger charge is 2.09. The number of benzene rings is 1. The molecule has 1 aromatic carbocycles. The molecule has 0 bridgehead atoms. The second-order valence-electron chi connectivity index (χ2n) is 3.07. The summed E-state index contributed by atoms with van der Waals surface area (Å²) in [5.41, 5.74) is 1.70. The molecule has 1 aromatic rings. The first-order valence-electron chi connectivity index (χ1n) is 3.98. The van der Waals surface area contributed by atoms with Gasteiger partial charge in [0.15, 0.2) is 0 Å². The van der Waals surface area contributed by atoms with Crippen LogP contribution in [0.4, 0.5) is 0 Å². The number of halogens is 1. The molecule has 0 fully saturated rings. The molecule has 70 valence electrons. The van der Waals surface area contributed by atoms with Gasteiger partial charge in [-0.15, -0.1) is 0 Å². The highest BCUT2D eigenvalue weighted by Crippen LogP contribution is 2.29. The van der Waals surface area contributed by atoms with Crippen molar-refractivity contribution >= 4 is 21.7 Å². The molecule has 0 radical (unpaired) electrons. The van der Waals surface area contributed by atoms with Crippen molar-refractivity contribution in [2.75, 3.05) is 0 Å². The number of hydrogen-bond donors (Lipinski definition) is 1. The Balaban J connectivity index is 3.17. The summed E-state index contributed by atoms with van der Waals surface area (Å²) < 4.78 is 0.822. The number of ketones is 1. The van der Waals surface area contributed by atoms with Crippen molar-refractivity contribution in [3.8, 4) is 5.75 Å². The predicted octanol–water partition coefficient (Wildman–Crippen LogP) is 2.59. The zero-order valence-corrected chi connectivity index (χ0v) is 9.18. The van der Waals surface area contributed by atoms with Crippen molar-refractivity contribution in [1.82, 2.24) is 0 Å². The van der Waals surface area contributed by atoms with Crippen LogP contribution in [0.5, 0.6) is 5.75 Å². The van der Waals surface area contributed by atoms with Gasteiger partial charge in [0, 0.05) is 16.5 Å². The SMILES string of the molecule is CC(=O)Cc1c(O)ccc(C)c1Br. The number of aryl methyl sites for hydroxylation is 1. The van der Waals surface area contributed by atoms with Crippen LogP contribution in [0.15, 0.2) is 16.6 Å². The summed E-state index contributed by atoms with van der Waals surface area (Å²) in [5, 5.41) is 9.48. The quantitative estimate of drug-likeness (QED) is 0.866. The van der Waals surface area contributed by atoms with Crippen molar-refractivity contribution in [1.29, 1.82) is 0 Å². The topological polar surface area (TPSA) is 37.3 Å². The fourth-order valence-corrected chi connectivity index (χ4v) is 1.62. The zero-order valence-electron chi connectivity index (χ0n) is 7.60. The highest BCUT2D eigenvalue weighted by atomic mass is 79.9. The summed E-state index contributed by atoms with van der Waals surface area (Å²) in [5.74, 6) is 0.217. The Morgan fingerprint density at radius 1 is 1.54 bits per heavy atom. The van der Waals surface area contributed by atoms with Crippen LogP contribution in [0.2, 0.25) is 0 Å². The molecule has 0 aliphatic rings. The Labute approximate surface area is 85.7 Å². The smallest absolute Gasteiger partial charge is 0.134 e. The van der Waals surface area contributed by atoms with E-state index < -0.39 is 0 Å². The summed E-state index contributed by atoms with van der Waals surface area (Å²) in [6.45, 7) is 3.43. The van der Waals surface area contributed by atoms with E-state index in [1.165, 1.54) is 6.92 Å². The van der Waals surface area contributed by atoms with Gasteiger partial charge in [0.2, 0.25) is 0 Å². The van der Waals surface area contributed by atoms with E-state index in [1.807, 2.05) is 13.0 Å². The minimum atomic E-state index is 0.0431. The molecule has 1 rings (SSSR count). The van der Waals surface area contributed by atoms with Gasteiger partial charge >= 0.3 is 0 Å². The molecule has 2 nitrogen and oxygen atoms in total. The van der Waals surface area contributed by atoms with Crippen LogP contribution in [0.25, 0.3) is 0 Å². The van der Waals surface area contributed by atoms with E-state index in [2.05, 4.69) is 15.9 Å². The first kappa shape index (κ1) is 10.3. The molecule has 0 aromatic heterocycles. The Morgan fingerprint density at radius 3 is 2.69 bits per heavy atom. The lowest BCUT2D eigenvalue weighted by atomic mass is 10.1. The summed E-state index contributed by atoms with van der Waals surface area (Å²) in [6.07, 6.45) is 0.272. The van der Waals surface area contributed by atoms with Crippen molar-refractivity contribution in [3.05, 3.63) is 27.7 Å². The monoisotopic (exact) mass is 242 g/mol. The van der Waals surface area contributed by atoms with E-state index in [0.717, 1.165) is 10.0 Å². The third-order valence-electron chi connectivity index (χ3n) is 1.84. The van der Waals surface area contributed by atoms with Crippen molar-refractivity contribution < 1.29 is 9.90 Å². The van der Waals surface area contributed by atoms with Gasteiger partial charge < -0.3 is 5.11 Å². The first-order valence-corrected chi connectivity index (χ1v) is 4.78. The van der Waals surface area contributed by atoms with Crippen molar-refractivity contribution in [2.24, 2.45) is 0 Å². The molecule has 1 N–H and O–H groups in total. The molecule has 3 heteroatoms. The van der Waals surface area contributed by atoms with Crippen LogP contribution < -0.4 is 0 Å². The van der Waals surface area contributed by atoms with Crippen LogP contribution in [-0.2, 0) is 11.2 Å². The number of aromatic hydroxyl groups is 1. The Hall–Kier alpha value is -0.830. The normalized spacial score (nSPS) is 10.1. The number of phenolic OH excluding ortho intramolecular Hbond substituents is 1. The largest absolute Gasteiger partial charge is 0.508 e. The molecule has 0 spiro atoms. The van der Waals surface area contributed by atoms with Gasteiger partial charge in [-0.05, 0) is 25.5 Å². The molecule has 0 unspecified atom stereocenters. The van der Waals surface area contributed by atoms with Crippen LogP contribution in [0, 0.1) is 6.92 Å². The zero-order chi connectivity index (χ0) is 10.0. The molecular weight excluding hydrogens is 232 g/mol. The summed E-state index contributed by atoms with van der Waals surface area (Å²) in [7, 11) is 0. The van der Waals surface area contributed by atoms with Crippen molar-refractivity contribution in [3.63, 3.8) is 0 Å². The molecule has 0 atom stereocenters. The van der Waals surface area contributed by atoms with Crippen LogP contribution in [0.1, 0.15) is 18.1 Å². The van der Waals surface area contributed by atoms with Crippen LogP contribution >= 0.6 is 15.9 Å². The van der Waals surface area contributed by atoms with Gasteiger partial charge in [-0.3, -0.25) is 4.79 Å². The number of Topliss-reactive ketones (excluding diaryl/α,β-unsaturated/α-hetero) is 1. The number of carbonyl (C=O) groups is 1. The Bertz CT molecular complexity index is 345. The molecule has 0 heterocycles. The number of carbonyl (C=O) groups excluding carboxylic acids is 1. The number of hydrogen-bond acceptors (Lipinski definition) is 2. The lowest BCUT2D eigenvalue weighted by Gasteiger charge is -2.07. The van der Waals surface area contributed by atoms with E-state index in [9.17, 15) is 9.90 Å². The average Bonchev–Trinajstić information content (AvgIpc) is 2.05. The second kappa shape index (κ2) is 3.92. The lowest BCUT2D eigenvalue weighted by molar-refractivity contribution is -0.116. The van der Waals surface area contributed by atoms with Crippen LogP contribution in [0.3, 0.4) is 0 Å². The second-order valence-corrected chi connectivity index (χ2v) is 3.87. The molecule has 0 amide bonds. The van der Waals surface area contributed by atoms with E-state index in [4.69, 9.17) is 0 Å². The number of rotatable bonds is 2. The minimum absolute atomic E-state index is 0.0431. The molecule has 0 aliphatic heterocycles. The maximum atomic E-state index is 10.9. The Kier molecular flexibility index (Phi) is 3.09. The third kappa shape index (κ3) is 2.31. The van der Waals surface area contributed by atoms with Gasteiger partial charge in [0.25, 0.3) is 0 Å². The molecule has 0 saturated heterocycles. The summed E-state index contributed by atoms with van der Waals surface area (Å²) in [4.78, 5) is 10.9. The molecule has 13 heavy (non-hydrogen) atoms. The maximum absolute atomic E-state index is 10.9. The van der Waals surface area contributed by atoms with Gasteiger partial charge in [-0.25, -0.2) is 0 Å². The van der Waals surface area contributed by atoms with E-state index >= 15 is 0 Å². The molecule has 0 saturated carbocycles. The van der Waals surface area contributed by atoms with Gasteiger partial charge in [0.05, 0.1) is 0 Å². The first-order chi connectivity index (χ1) is 6.02. The standard InChI is InChI=1S/C10H11BrO2/c1-6-3-4-9(13)8(10(6)11)5-7(2)12/h3-4,13H,5H2,1-2H3. The fourth-order valence-electron chi connectivity index (χ4n) is 1.15. The minimum Gasteiger partial charge on any atom is -0.508 e. The maximum Gasteiger partial charge on any atom is 0.134 e. The van der Waals surface area contributed by atoms with Gasteiger partial charge in [-0.2, -0.15) is 0 Å². The molecular formula is C10H11BrO2. The van der Waals surface area contributed by atoms with Crippen LogP contribution in [-0.4, -0.2) is 10.9 Å². The van der Waals surface area contributed by atoms with Crippen molar-refractivity contribution in [2.45, 2.75) is 20.3 Å². The Morgan fingerprint density at radius 2 is 2.15 bits per heavy atom.